The molecular weight excluding hydrogens is 781 g/mol. The van der Waals surface area contributed by atoms with Crippen LogP contribution in [0.4, 0.5) is 0 Å². The average molecular weight is 841 g/mol. The molecule has 0 saturated carbocycles. The standard InChI is InChI=1S/C14H20N4O2S2.C13H21N3S.C8H7N3S.C5H12/c1-4-5-9-21-14-10-13(12-7-6-8-15-11-12)16-18(14)22(19,20)17(2)3;1-3-4-8-17-13-9-12(14-15-13)11-6-5-7-16(2)10-11;12-8-4-7(10-11-8)6-2-1-3-9-5-6;1-3-5-4-2/h6-8,10-11H,4-5,9H2,1-3H3;6,9H,3-5,7-8,10H2,1-2H3,(H,14,15);1-5H,(H2,10,11,12);3-5H2,1-2H3. The molecule has 0 fully saturated rings. The normalized spacial score (nSPS) is 12.8. The van der Waals surface area contributed by atoms with E-state index in [1.165, 1.54) is 75.0 Å². The Balaban J connectivity index is 0.000000219. The van der Waals surface area contributed by atoms with Gasteiger partial charge in [-0.05, 0) is 85.9 Å². The van der Waals surface area contributed by atoms with Crippen molar-refractivity contribution in [3.8, 4) is 22.5 Å². The molecule has 1 aliphatic rings. The lowest BCUT2D eigenvalue weighted by molar-refractivity contribution is 0.372. The van der Waals surface area contributed by atoms with E-state index in [1.54, 1.807) is 36.9 Å². The summed E-state index contributed by atoms with van der Waals surface area (Å²) in [6.45, 7) is 10.9. The summed E-state index contributed by atoms with van der Waals surface area (Å²) in [5.74, 6) is 2.03. The highest BCUT2D eigenvalue weighted by atomic mass is 32.2. The zero-order valence-corrected chi connectivity index (χ0v) is 37.3. The molecule has 12 nitrogen and oxygen atoms in total. The molecule has 0 bridgehead atoms. The van der Waals surface area contributed by atoms with Crippen molar-refractivity contribution in [3.63, 3.8) is 0 Å². The van der Waals surface area contributed by atoms with Crippen LogP contribution in [0.3, 0.4) is 0 Å². The number of aromatic nitrogens is 8. The van der Waals surface area contributed by atoms with Gasteiger partial charge >= 0.3 is 10.2 Å². The van der Waals surface area contributed by atoms with Gasteiger partial charge in [0.25, 0.3) is 0 Å². The van der Waals surface area contributed by atoms with Gasteiger partial charge in [-0.2, -0.15) is 22.9 Å². The van der Waals surface area contributed by atoms with Crippen LogP contribution in [-0.2, 0) is 10.2 Å². The van der Waals surface area contributed by atoms with Gasteiger partial charge in [0, 0.05) is 63.1 Å². The Morgan fingerprint density at radius 2 is 1.48 bits per heavy atom. The molecule has 5 aromatic heterocycles. The summed E-state index contributed by atoms with van der Waals surface area (Å²) < 4.78 is 27.8. The Hall–Kier alpha value is -3.54. The van der Waals surface area contributed by atoms with E-state index in [1.807, 2.05) is 36.0 Å². The molecule has 0 saturated heterocycles. The van der Waals surface area contributed by atoms with E-state index in [-0.39, 0.29) is 0 Å². The summed E-state index contributed by atoms with van der Waals surface area (Å²) in [6, 6.07) is 13.4. The number of likely N-dealkylation sites (N-methyl/N-ethyl adjacent to an activating group) is 1. The lowest BCUT2D eigenvalue weighted by Gasteiger charge is -2.21. The summed E-state index contributed by atoms with van der Waals surface area (Å²) >= 11 is 8.28. The van der Waals surface area contributed by atoms with Crippen LogP contribution >= 0.6 is 35.7 Å². The number of nitrogens with zero attached hydrogens (tertiary/aromatic N) is 7. The summed E-state index contributed by atoms with van der Waals surface area (Å²) in [5, 5.41) is 19.3. The van der Waals surface area contributed by atoms with Gasteiger partial charge in [-0.15, -0.1) is 27.6 Å². The first-order valence-electron chi connectivity index (χ1n) is 19.3. The van der Waals surface area contributed by atoms with Crippen molar-refractivity contribution in [1.82, 2.24) is 48.8 Å². The second-order valence-corrected chi connectivity index (χ2v) is 17.9. The average Bonchev–Trinajstić information content (AvgIpc) is 3.98. The number of H-pyrrole nitrogens is 3. The molecule has 0 unspecified atom stereocenters. The number of rotatable bonds is 15. The van der Waals surface area contributed by atoms with E-state index in [9.17, 15) is 8.42 Å². The number of pyridine rings is 2. The minimum Gasteiger partial charge on any atom is -0.302 e. The van der Waals surface area contributed by atoms with Crippen molar-refractivity contribution in [1.29, 1.82) is 0 Å². The van der Waals surface area contributed by atoms with Crippen LogP contribution < -0.4 is 0 Å². The minimum atomic E-state index is -3.63. The number of hydrogen-bond acceptors (Lipinski definition) is 10. The SMILES string of the molecule is CCCCC.CCCCSc1cc(-c2cccnc2)nn1S(=O)(=O)N(C)C.CCCCSc1cc(C2=CCCN(C)C2)[nH]n1.S=c1cc(-c2cccnc2)[nH][nH]1. The molecule has 6 rings (SSSR count). The summed E-state index contributed by atoms with van der Waals surface area (Å²) in [6.07, 6.45) is 19.0. The molecule has 0 aliphatic carbocycles. The van der Waals surface area contributed by atoms with E-state index in [2.05, 4.69) is 87.2 Å². The highest BCUT2D eigenvalue weighted by Gasteiger charge is 2.23. The van der Waals surface area contributed by atoms with Gasteiger partial charge in [0.1, 0.15) is 14.7 Å². The lowest BCUT2D eigenvalue weighted by Crippen LogP contribution is -2.30. The molecule has 306 valence electrons. The summed E-state index contributed by atoms with van der Waals surface area (Å²) in [7, 11) is 1.54. The fourth-order valence-electron chi connectivity index (χ4n) is 5.06. The van der Waals surface area contributed by atoms with Gasteiger partial charge in [-0.1, -0.05) is 78.1 Å². The Kier molecular flexibility index (Phi) is 21.5. The molecule has 1 aliphatic heterocycles. The van der Waals surface area contributed by atoms with Gasteiger partial charge in [0.15, 0.2) is 0 Å². The molecule has 56 heavy (non-hydrogen) atoms. The Bertz CT molecular complexity index is 2000. The maximum atomic E-state index is 12.4. The van der Waals surface area contributed by atoms with Crippen LogP contribution in [0.15, 0.2) is 83.4 Å². The Morgan fingerprint density at radius 3 is 2.02 bits per heavy atom. The maximum absolute atomic E-state index is 12.4. The lowest BCUT2D eigenvalue weighted by atomic mass is 10.1. The van der Waals surface area contributed by atoms with Crippen LogP contribution in [-0.4, -0.2) is 103 Å². The van der Waals surface area contributed by atoms with E-state index < -0.39 is 10.2 Å². The first-order valence-corrected chi connectivity index (χ1v) is 23.1. The molecule has 6 heterocycles. The zero-order valence-electron chi connectivity index (χ0n) is 34.0. The molecule has 0 radical (unpaired) electrons. The number of aromatic amines is 3. The van der Waals surface area contributed by atoms with Crippen molar-refractivity contribution < 1.29 is 8.42 Å². The second kappa shape index (κ2) is 25.7. The third-order valence-corrected chi connectivity index (χ3v) is 12.3. The van der Waals surface area contributed by atoms with Crippen LogP contribution in [0.25, 0.3) is 28.1 Å². The van der Waals surface area contributed by atoms with Crippen molar-refractivity contribution >= 4 is 51.5 Å². The fourth-order valence-corrected chi connectivity index (χ4v) is 8.39. The third kappa shape index (κ3) is 15.8. The second-order valence-electron chi connectivity index (χ2n) is 13.3. The first-order chi connectivity index (χ1) is 27.0. The van der Waals surface area contributed by atoms with E-state index in [4.69, 9.17) is 12.2 Å². The Labute approximate surface area is 348 Å². The molecule has 3 N–H and O–H groups in total. The van der Waals surface area contributed by atoms with Gasteiger partial charge in [-0.25, -0.2) is 0 Å². The molecule has 0 amide bonds. The summed E-state index contributed by atoms with van der Waals surface area (Å²) in [5.41, 5.74) is 5.98. The van der Waals surface area contributed by atoms with Crippen LogP contribution in [0.5, 0.6) is 0 Å². The minimum absolute atomic E-state index is 0.609. The smallest absolute Gasteiger partial charge is 0.302 e. The topological polar surface area (TPSA) is 144 Å². The Morgan fingerprint density at radius 1 is 0.839 bits per heavy atom. The van der Waals surface area contributed by atoms with Crippen molar-refractivity contribution in [2.75, 3.05) is 45.7 Å². The van der Waals surface area contributed by atoms with Crippen molar-refractivity contribution in [3.05, 3.63) is 83.7 Å². The first kappa shape index (κ1) is 46.8. The largest absolute Gasteiger partial charge is 0.323 e. The van der Waals surface area contributed by atoms with Gasteiger partial charge in [0.05, 0.1) is 17.1 Å². The van der Waals surface area contributed by atoms with Gasteiger partial charge < -0.3 is 4.90 Å². The molecular formula is C40H60N10O2S4. The molecule has 5 aromatic rings. The quantitative estimate of drug-likeness (QED) is 0.0529. The van der Waals surface area contributed by atoms with Crippen LogP contribution in [0.2, 0.25) is 0 Å². The zero-order chi connectivity index (χ0) is 40.8. The van der Waals surface area contributed by atoms with E-state index >= 15 is 0 Å². The molecule has 0 spiro atoms. The van der Waals surface area contributed by atoms with Crippen LogP contribution in [0.1, 0.15) is 84.8 Å². The molecule has 0 atom stereocenters. The maximum Gasteiger partial charge on any atom is 0.323 e. The predicted molar refractivity (Wildman–Crippen MR) is 238 cm³/mol. The van der Waals surface area contributed by atoms with Crippen molar-refractivity contribution in [2.24, 2.45) is 0 Å². The third-order valence-electron chi connectivity index (χ3n) is 8.30. The van der Waals surface area contributed by atoms with Gasteiger partial charge in [0.2, 0.25) is 0 Å². The number of thioether (sulfide) groups is 2. The molecule has 16 heteroatoms. The van der Waals surface area contributed by atoms with Crippen LogP contribution in [0, 0.1) is 4.64 Å². The summed E-state index contributed by atoms with van der Waals surface area (Å²) in [4.78, 5) is 10.4. The van der Waals surface area contributed by atoms with E-state index in [0.29, 0.717) is 15.4 Å². The number of unbranched alkanes of at least 4 members (excludes halogenated alkanes) is 4. The molecule has 0 aromatic carbocycles. The highest BCUT2D eigenvalue weighted by molar-refractivity contribution is 8.00. The fraction of sp³-hybridized carbons (Fsp3) is 0.475. The monoisotopic (exact) mass is 840 g/mol. The number of hydrogen-bond donors (Lipinski definition) is 3. The highest BCUT2D eigenvalue weighted by Crippen LogP contribution is 2.28. The van der Waals surface area contributed by atoms with Gasteiger partial charge in [-0.3, -0.25) is 25.3 Å². The number of nitrogens with one attached hydrogen (secondary N) is 3. The predicted octanol–water partition coefficient (Wildman–Crippen LogP) is 9.84. The van der Waals surface area contributed by atoms with E-state index in [0.717, 1.165) is 68.3 Å². The van der Waals surface area contributed by atoms with Crippen molar-refractivity contribution in [2.45, 2.75) is 89.1 Å².